The molecule has 8 nitrogen and oxygen atoms in total. The second-order valence-electron chi connectivity index (χ2n) is 7.49. The fourth-order valence-corrected chi connectivity index (χ4v) is 3.45. The molecule has 168 valence electrons. The Balaban J connectivity index is 1.64. The Hall–Kier alpha value is -4.27. The Bertz CT molecular complexity index is 1440. The maximum Gasteiger partial charge on any atom is 0.332 e. The van der Waals surface area contributed by atoms with Crippen LogP contribution in [-0.2, 0) is 20.1 Å². The lowest BCUT2D eigenvalue weighted by molar-refractivity contribution is 0.0950. The van der Waals surface area contributed by atoms with Crippen molar-refractivity contribution in [1.82, 2.24) is 19.4 Å². The molecular formula is C24H21FN4O4. The molecule has 33 heavy (non-hydrogen) atoms. The molecule has 1 amide bonds. The smallest absolute Gasteiger partial charge is 0.332 e. The molecule has 4 rings (SSSR count). The average Bonchev–Trinajstić information content (AvgIpc) is 2.85. The van der Waals surface area contributed by atoms with Gasteiger partial charge in [-0.25, -0.2) is 14.2 Å². The number of rotatable bonds is 6. The number of aromatic nitrogens is 3. The molecule has 9 heteroatoms. The van der Waals surface area contributed by atoms with Crippen LogP contribution in [0, 0.1) is 5.82 Å². The number of amides is 1. The van der Waals surface area contributed by atoms with Gasteiger partial charge in [0.25, 0.3) is 11.5 Å². The molecule has 4 aromatic rings. The lowest BCUT2D eigenvalue weighted by Gasteiger charge is -2.11. The topological polar surface area (TPSA) is 95.2 Å². The molecule has 0 spiro atoms. The van der Waals surface area contributed by atoms with Gasteiger partial charge < -0.3 is 10.1 Å². The van der Waals surface area contributed by atoms with Crippen LogP contribution in [0.2, 0.25) is 0 Å². The van der Waals surface area contributed by atoms with Crippen molar-refractivity contribution >= 4 is 16.9 Å². The van der Waals surface area contributed by atoms with E-state index in [-0.39, 0.29) is 29.7 Å². The molecule has 0 aliphatic rings. The summed E-state index contributed by atoms with van der Waals surface area (Å²) in [5, 5.41) is 2.93. The molecule has 0 fully saturated rings. The van der Waals surface area contributed by atoms with E-state index in [9.17, 15) is 18.8 Å². The normalized spacial score (nSPS) is 10.9. The summed E-state index contributed by atoms with van der Waals surface area (Å²) < 4.78 is 20.6. The summed E-state index contributed by atoms with van der Waals surface area (Å²) in [5.74, 6) is -0.100. The summed E-state index contributed by atoms with van der Waals surface area (Å²) in [6.07, 6.45) is 1.33. The van der Waals surface area contributed by atoms with E-state index in [4.69, 9.17) is 4.74 Å². The van der Waals surface area contributed by atoms with Gasteiger partial charge in [0.15, 0.2) is 0 Å². The lowest BCUT2D eigenvalue weighted by atomic mass is 10.2. The minimum Gasteiger partial charge on any atom is -0.497 e. The van der Waals surface area contributed by atoms with E-state index in [0.29, 0.717) is 11.3 Å². The fourth-order valence-electron chi connectivity index (χ4n) is 3.45. The first kappa shape index (κ1) is 21.9. The molecule has 0 unspecified atom stereocenters. The van der Waals surface area contributed by atoms with Crippen LogP contribution in [0.5, 0.6) is 5.75 Å². The number of pyridine rings is 1. The number of carbonyl (C=O) groups excluding carboxylic acids is 1. The third kappa shape index (κ3) is 4.52. The van der Waals surface area contributed by atoms with Gasteiger partial charge in [0, 0.05) is 19.8 Å². The van der Waals surface area contributed by atoms with Crippen LogP contribution in [0.4, 0.5) is 4.39 Å². The monoisotopic (exact) mass is 448 g/mol. The standard InChI is InChI=1S/C24H21FN4O4/c1-28-21-20(23(31)29(24(28)32)14-16-3-7-18(25)8-4-16)11-17(13-26-21)22(30)27-12-15-5-9-19(33-2)10-6-15/h3-11,13H,12,14H2,1-2H3,(H,27,30). The van der Waals surface area contributed by atoms with Gasteiger partial charge in [-0.05, 0) is 41.5 Å². The van der Waals surface area contributed by atoms with E-state index < -0.39 is 23.0 Å². The van der Waals surface area contributed by atoms with E-state index in [1.54, 1.807) is 19.2 Å². The number of aryl methyl sites for hydroxylation is 1. The minimum absolute atomic E-state index is 0.0321. The highest BCUT2D eigenvalue weighted by molar-refractivity contribution is 5.96. The van der Waals surface area contributed by atoms with Crippen molar-refractivity contribution in [1.29, 1.82) is 0 Å². The molecular weight excluding hydrogens is 427 g/mol. The summed E-state index contributed by atoms with van der Waals surface area (Å²) in [6, 6.07) is 14.2. The van der Waals surface area contributed by atoms with Crippen LogP contribution in [0.1, 0.15) is 21.5 Å². The molecule has 2 aromatic heterocycles. The Labute approximate surface area is 187 Å². The Morgan fingerprint density at radius 1 is 1.06 bits per heavy atom. The number of carbonyl (C=O) groups is 1. The zero-order valence-electron chi connectivity index (χ0n) is 18.0. The number of fused-ring (bicyclic) bond motifs is 1. The summed E-state index contributed by atoms with van der Waals surface area (Å²) in [7, 11) is 3.08. The maximum absolute atomic E-state index is 13.2. The number of methoxy groups -OCH3 is 1. The fraction of sp³-hybridized carbons (Fsp3) is 0.167. The Morgan fingerprint density at radius 3 is 2.39 bits per heavy atom. The summed E-state index contributed by atoms with van der Waals surface area (Å²) in [6.45, 7) is 0.249. The number of halogens is 1. The third-order valence-electron chi connectivity index (χ3n) is 5.31. The zero-order chi connectivity index (χ0) is 23.5. The quantitative estimate of drug-likeness (QED) is 0.488. The number of nitrogens with one attached hydrogen (secondary N) is 1. The summed E-state index contributed by atoms with van der Waals surface area (Å²) in [4.78, 5) is 42.7. The summed E-state index contributed by atoms with van der Waals surface area (Å²) in [5.41, 5.74) is 0.709. The predicted molar refractivity (Wildman–Crippen MR) is 121 cm³/mol. The third-order valence-corrected chi connectivity index (χ3v) is 5.31. The highest BCUT2D eigenvalue weighted by atomic mass is 19.1. The van der Waals surface area contributed by atoms with E-state index in [0.717, 1.165) is 10.1 Å². The van der Waals surface area contributed by atoms with Crippen molar-refractivity contribution in [2.45, 2.75) is 13.1 Å². The van der Waals surface area contributed by atoms with Crippen LogP contribution in [0.25, 0.3) is 11.0 Å². The lowest BCUT2D eigenvalue weighted by Crippen LogP contribution is -2.39. The first-order valence-electron chi connectivity index (χ1n) is 10.1. The number of hydrogen-bond donors (Lipinski definition) is 1. The van der Waals surface area contributed by atoms with Crippen molar-refractivity contribution < 1.29 is 13.9 Å². The van der Waals surface area contributed by atoms with Crippen molar-refractivity contribution in [3.05, 3.63) is 104 Å². The van der Waals surface area contributed by atoms with Gasteiger partial charge in [-0.3, -0.25) is 18.7 Å². The van der Waals surface area contributed by atoms with Crippen molar-refractivity contribution in [3.63, 3.8) is 0 Å². The second-order valence-corrected chi connectivity index (χ2v) is 7.49. The van der Waals surface area contributed by atoms with Gasteiger partial charge >= 0.3 is 5.69 Å². The van der Waals surface area contributed by atoms with E-state index in [2.05, 4.69) is 10.3 Å². The van der Waals surface area contributed by atoms with Crippen LogP contribution in [-0.4, -0.2) is 27.1 Å². The first-order chi connectivity index (χ1) is 15.9. The maximum atomic E-state index is 13.2. The van der Waals surface area contributed by atoms with Crippen LogP contribution in [0.15, 0.2) is 70.4 Å². The van der Waals surface area contributed by atoms with Gasteiger partial charge in [0.1, 0.15) is 17.2 Å². The first-order valence-corrected chi connectivity index (χ1v) is 10.1. The molecule has 2 aromatic carbocycles. The minimum atomic E-state index is -0.574. The molecule has 1 N–H and O–H groups in total. The van der Waals surface area contributed by atoms with E-state index in [1.165, 1.54) is 48.1 Å². The van der Waals surface area contributed by atoms with Crippen LogP contribution < -0.4 is 21.3 Å². The molecule has 0 bridgehead atoms. The zero-order valence-corrected chi connectivity index (χ0v) is 18.0. The molecule has 0 radical (unpaired) electrons. The Morgan fingerprint density at radius 2 is 1.73 bits per heavy atom. The average molecular weight is 448 g/mol. The number of benzene rings is 2. The Kier molecular flexibility index (Phi) is 6.03. The second kappa shape index (κ2) is 9.07. The number of nitrogens with zero attached hydrogens (tertiary/aromatic N) is 3. The molecule has 0 aliphatic carbocycles. The van der Waals surface area contributed by atoms with Gasteiger partial charge in [-0.1, -0.05) is 24.3 Å². The van der Waals surface area contributed by atoms with Gasteiger partial charge in [0.2, 0.25) is 0 Å². The number of hydrogen-bond acceptors (Lipinski definition) is 5. The molecule has 2 heterocycles. The highest BCUT2D eigenvalue weighted by Gasteiger charge is 2.15. The van der Waals surface area contributed by atoms with E-state index in [1.807, 2.05) is 12.1 Å². The van der Waals surface area contributed by atoms with Crippen molar-refractivity contribution in [2.75, 3.05) is 7.11 Å². The molecule has 0 saturated heterocycles. The molecule has 0 saturated carbocycles. The molecule has 0 atom stereocenters. The van der Waals surface area contributed by atoms with Gasteiger partial charge in [-0.15, -0.1) is 0 Å². The van der Waals surface area contributed by atoms with Crippen LogP contribution >= 0.6 is 0 Å². The van der Waals surface area contributed by atoms with Crippen molar-refractivity contribution in [3.8, 4) is 5.75 Å². The summed E-state index contributed by atoms with van der Waals surface area (Å²) >= 11 is 0. The largest absolute Gasteiger partial charge is 0.497 e. The predicted octanol–water partition coefficient (Wildman–Crippen LogP) is 2.22. The SMILES string of the molecule is COc1ccc(CNC(=O)c2cnc3c(c2)c(=O)n(Cc2ccc(F)cc2)c(=O)n3C)cc1. The van der Waals surface area contributed by atoms with Crippen LogP contribution in [0.3, 0.4) is 0 Å². The van der Waals surface area contributed by atoms with Gasteiger partial charge in [0.05, 0.1) is 24.6 Å². The van der Waals surface area contributed by atoms with Crippen molar-refractivity contribution in [2.24, 2.45) is 7.05 Å². The molecule has 0 aliphatic heterocycles. The van der Waals surface area contributed by atoms with E-state index >= 15 is 0 Å². The van der Waals surface area contributed by atoms with Gasteiger partial charge in [-0.2, -0.15) is 0 Å². The highest BCUT2D eigenvalue weighted by Crippen LogP contribution is 2.12. The number of ether oxygens (including phenoxy) is 1.